The molecule has 2 N–H and O–H groups in total. The molecule has 0 aliphatic heterocycles. The molecule has 16 heavy (non-hydrogen) atoms. The van der Waals surface area contributed by atoms with Gasteiger partial charge < -0.3 is 5.73 Å². The van der Waals surface area contributed by atoms with Crippen LogP contribution in [0.15, 0.2) is 18.2 Å². The van der Waals surface area contributed by atoms with E-state index in [1.165, 1.54) is 0 Å². The average molecular weight is 238 g/mol. The summed E-state index contributed by atoms with van der Waals surface area (Å²) in [5.74, 6) is 0.713. The smallest absolute Gasteiger partial charge is 0.182 e. The summed E-state index contributed by atoms with van der Waals surface area (Å²) in [5.41, 5.74) is 7.15. The van der Waals surface area contributed by atoms with Gasteiger partial charge in [0.05, 0.1) is 10.7 Å². The van der Waals surface area contributed by atoms with Crippen molar-refractivity contribution in [2.24, 2.45) is 0 Å². The maximum atomic E-state index is 5.86. The molecule has 0 atom stereocenters. The van der Waals surface area contributed by atoms with E-state index in [-0.39, 0.29) is 0 Å². The van der Waals surface area contributed by atoms with Crippen molar-refractivity contribution in [2.75, 3.05) is 5.73 Å². The lowest BCUT2D eigenvalue weighted by atomic mass is 10.2. The highest BCUT2D eigenvalue weighted by Gasteiger charge is 2.09. The Labute approximate surface area is 98.2 Å². The second kappa shape index (κ2) is 4.49. The minimum absolute atomic E-state index is 0.533. The Morgan fingerprint density at radius 2 is 2.25 bits per heavy atom. The Hall–Kier alpha value is -1.62. The topological polar surface area (TPSA) is 69.6 Å². The molecule has 0 aliphatic carbocycles. The SMILES string of the molecule is CCCn1nnnc1-c1ccc(Cl)c(N)c1. The summed E-state index contributed by atoms with van der Waals surface area (Å²) in [6.07, 6.45) is 0.973. The summed E-state index contributed by atoms with van der Waals surface area (Å²) in [5, 5.41) is 12.1. The Kier molecular flexibility index (Phi) is 3.05. The van der Waals surface area contributed by atoms with Crippen molar-refractivity contribution in [3.63, 3.8) is 0 Å². The van der Waals surface area contributed by atoms with Gasteiger partial charge in [-0.2, -0.15) is 0 Å². The predicted molar refractivity (Wildman–Crippen MR) is 63.0 cm³/mol. The third kappa shape index (κ3) is 1.99. The van der Waals surface area contributed by atoms with Crippen molar-refractivity contribution in [2.45, 2.75) is 19.9 Å². The van der Waals surface area contributed by atoms with Gasteiger partial charge in [-0.25, -0.2) is 4.68 Å². The van der Waals surface area contributed by atoms with E-state index in [9.17, 15) is 0 Å². The van der Waals surface area contributed by atoms with Gasteiger partial charge in [-0.15, -0.1) is 5.10 Å². The molecule has 1 heterocycles. The van der Waals surface area contributed by atoms with E-state index in [1.54, 1.807) is 16.8 Å². The van der Waals surface area contributed by atoms with Crippen molar-refractivity contribution in [3.8, 4) is 11.4 Å². The third-order valence-electron chi connectivity index (χ3n) is 2.22. The normalized spacial score (nSPS) is 10.6. The van der Waals surface area contributed by atoms with Crippen LogP contribution < -0.4 is 5.73 Å². The summed E-state index contributed by atoms with van der Waals surface area (Å²) in [4.78, 5) is 0. The van der Waals surface area contributed by atoms with Gasteiger partial charge >= 0.3 is 0 Å². The van der Waals surface area contributed by atoms with Crippen LogP contribution in [0.3, 0.4) is 0 Å². The molecule has 0 fully saturated rings. The van der Waals surface area contributed by atoms with Gasteiger partial charge in [-0.1, -0.05) is 18.5 Å². The summed E-state index contributed by atoms with van der Waals surface area (Å²) in [7, 11) is 0. The molecule has 0 saturated carbocycles. The van der Waals surface area contributed by atoms with Crippen molar-refractivity contribution in [1.29, 1.82) is 0 Å². The second-order valence-corrected chi connectivity index (χ2v) is 3.87. The highest BCUT2D eigenvalue weighted by Crippen LogP contribution is 2.25. The minimum atomic E-state index is 0.533. The lowest BCUT2D eigenvalue weighted by Gasteiger charge is -2.04. The summed E-state index contributed by atoms with van der Waals surface area (Å²) < 4.78 is 1.75. The first-order valence-corrected chi connectivity index (χ1v) is 5.41. The predicted octanol–water partition coefficient (Wildman–Crippen LogP) is 1.99. The van der Waals surface area contributed by atoms with Gasteiger partial charge in [0.2, 0.25) is 0 Å². The zero-order valence-electron chi connectivity index (χ0n) is 8.89. The number of aromatic nitrogens is 4. The van der Waals surface area contributed by atoms with Gasteiger partial charge in [0.25, 0.3) is 0 Å². The van der Waals surface area contributed by atoms with Crippen LogP contribution in [0, 0.1) is 0 Å². The molecule has 84 valence electrons. The number of nitrogens with two attached hydrogens (primary N) is 1. The number of tetrazole rings is 1. The highest BCUT2D eigenvalue weighted by atomic mass is 35.5. The first-order valence-electron chi connectivity index (χ1n) is 5.04. The number of halogens is 1. The molecular formula is C10H12ClN5. The van der Waals surface area contributed by atoms with Crippen LogP contribution in [0.4, 0.5) is 5.69 Å². The van der Waals surface area contributed by atoms with Crippen LogP contribution in [0.2, 0.25) is 5.02 Å². The number of rotatable bonds is 3. The Bertz CT molecular complexity index is 494. The Morgan fingerprint density at radius 1 is 1.44 bits per heavy atom. The standard InChI is InChI=1S/C10H12ClN5/c1-2-5-16-10(13-14-15-16)7-3-4-8(11)9(12)6-7/h3-4,6H,2,5,12H2,1H3. The van der Waals surface area contributed by atoms with E-state index in [2.05, 4.69) is 22.4 Å². The molecule has 0 spiro atoms. The molecule has 2 aromatic rings. The van der Waals surface area contributed by atoms with E-state index in [0.29, 0.717) is 16.5 Å². The maximum Gasteiger partial charge on any atom is 0.182 e. The molecular weight excluding hydrogens is 226 g/mol. The van der Waals surface area contributed by atoms with Gasteiger partial charge in [0.1, 0.15) is 0 Å². The van der Waals surface area contributed by atoms with Gasteiger partial charge in [0, 0.05) is 12.1 Å². The zero-order chi connectivity index (χ0) is 11.5. The first-order chi connectivity index (χ1) is 7.72. The number of hydrogen-bond donors (Lipinski definition) is 1. The second-order valence-electron chi connectivity index (χ2n) is 3.46. The van der Waals surface area contributed by atoms with Crippen LogP contribution in [0.25, 0.3) is 11.4 Å². The van der Waals surface area contributed by atoms with E-state index < -0.39 is 0 Å². The molecule has 0 saturated heterocycles. The molecule has 0 radical (unpaired) electrons. The summed E-state index contributed by atoms with van der Waals surface area (Å²) in [6, 6.07) is 5.38. The molecule has 0 bridgehead atoms. The third-order valence-corrected chi connectivity index (χ3v) is 2.57. The number of nitrogen functional groups attached to an aromatic ring is 1. The maximum absolute atomic E-state index is 5.86. The minimum Gasteiger partial charge on any atom is -0.398 e. The van der Waals surface area contributed by atoms with Crippen LogP contribution in [0.5, 0.6) is 0 Å². The van der Waals surface area contributed by atoms with Crippen molar-refractivity contribution < 1.29 is 0 Å². The fourth-order valence-electron chi connectivity index (χ4n) is 1.46. The number of anilines is 1. The molecule has 0 aliphatic rings. The van der Waals surface area contributed by atoms with E-state index in [1.807, 2.05) is 6.07 Å². The Morgan fingerprint density at radius 3 is 2.94 bits per heavy atom. The number of hydrogen-bond acceptors (Lipinski definition) is 4. The molecule has 0 amide bonds. The van der Waals surface area contributed by atoms with Crippen molar-refractivity contribution >= 4 is 17.3 Å². The highest BCUT2D eigenvalue weighted by molar-refractivity contribution is 6.33. The Balaban J connectivity index is 2.42. The van der Waals surface area contributed by atoms with E-state index in [4.69, 9.17) is 17.3 Å². The lowest BCUT2D eigenvalue weighted by Crippen LogP contribution is -2.02. The van der Waals surface area contributed by atoms with Crippen molar-refractivity contribution in [3.05, 3.63) is 23.2 Å². The lowest BCUT2D eigenvalue weighted by molar-refractivity contribution is 0.583. The molecule has 6 heteroatoms. The monoisotopic (exact) mass is 237 g/mol. The molecule has 1 aromatic heterocycles. The quantitative estimate of drug-likeness (QED) is 0.829. The van der Waals surface area contributed by atoms with Crippen LogP contribution in [-0.2, 0) is 6.54 Å². The fraction of sp³-hybridized carbons (Fsp3) is 0.300. The fourth-order valence-corrected chi connectivity index (χ4v) is 1.57. The van der Waals surface area contributed by atoms with E-state index >= 15 is 0 Å². The van der Waals surface area contributed by atoms with Gasteiger partial charge in [-0.3, -0.25) is 0 Å². The number of benzene rings is 1. The molecule has 2 rings (SSSR count). The first kappa shape index (κ1) is 10.9. The summed E-state index contributed by atoms with van der Waals surface area (Å²) in [6.45, 7) is 2.85. The number of nitrogens with zero attached hydrogens (tertiary/aromatic N) is 4. The van der Waals surface area contributed by atoms with Crippen LogP contribution in [0.1, 0.15) is 13.3 Å². The van der Waals surface area contributed by atoms with Crippen molar-refractivity contribution in [1.82, 2.24) is 20.2 Å². The van der Waals surface area contributed by atoms with E-state index in [0.717, 1.165) is 18.5 Å². The molecule has 5 nitrogen and oxygen atoms in total. The average Bonchev–Trinajstić information content (AvgIpc) is 2.71. The zero-order valence-corrected chi connectivity index (χ0v) is 9.65. The van der Waals surface area contributed by atoms with Gasteiger partial charge in [-0.05, 0) is 35.0 Å². The molecule has 0 unspecified atom stereocenters. The van der Waals surface area contributed by atoms with Crippen LogP contribution >= 0.6 is 11.6 Å². The largest absolute Gasteiger partial charge is 0.398 e. The molecule has 1 aromatic carbocycles. The number of aryl methyl sites for hydroxylation is 1. The van der Waals surface area contributed by atoms with Crippen LogP contribution in [-0.4, -0.2) is 20.2 Å². The van der Waals surface area contributed by atoms with Gasteiger partial charge in [0.15, 0.2) is 5.82 Å². The summed E-state index contributed by atoms with van der Waals surface area (Å²) >= 11 is 5.86.